The van der Waals surface area contributed by atoms with E-state index in [0.717, 1.165) is 35.3 Å². The van der Waals surface area contributed by atoms with Gasteiger partial charge in [0, 0.05) is 17.1 Å². The fraction of sp³-hybridized carbons (Fsp3) is 0.400. The molecule has 1 aromatic carbocycles. The largest absolute Gasteiger partial charge is 0.493 e. The first-order chi connectivity index (χ1) is 9.16. The number of ether oxygens (including phenoxy) is 1. The lowest BCUT2D eigenvalue weighted by Gasteiger charge is -2.06. The molecule has 0 spiro atoms. The lowest BCUT2D eigenvalue weighted by atomic mass is 10.2. The zero-order valence-electron chi connectivity index (χ0n) is 11.6. The molecule has 0 N–H and O–H groups in total. The van der Waals surface area contributed by atoms with Gasteiger partial charge >= 0.3 is 0 Å². The summed E-state index contributed by atoms with van der Waals surface area (Å²) in [6.45, 7) is 6.73. The van der Waals surface area contributed by atoms with Gasteiger partial charge in [0.05, 0.1) is 12.3 Å². The number of thioether (sulfide) groups is 1. The average molecular weight is 277 g/mol. The van der Waals surface area contributed by atoms with Crippen LogP contribution in [0.1, 0.15) is 22.6 Å². The van der Waals surface area contributed by atoms with Gasteiger partial charge in [-0.15, -0.1) is 0 Å². The lowest BCUT2D eigenvalue weighted by Crippen LogP contribution is -2.00. The number of rotatable bonds is 6. The van der Waals surface area contributed by atoms with Crippen molar-refractivity contribution in [1.29, 1.82) is 0 Å². The number of benzene rings is 1. The second-order valence-corrected chi connectivity index (χ2v) is 5.63. The fourth-order valence-electron chi connectivity index (χ4n) is 1.81. The summed E-state index contributed by atoms with van der Waals surface area (Å²) in [4.78, 5) is 0. The Morgan fingerprint density at radius 3 is 2.79 bits per heavy atom. The van der Waals surface area contributed by atoms with Gasteiger partial charge in [-0.05, 0) is 38.5 Å². The van der Waals surface area contributed by atoms with Gasteiger partial charge < -0.3 is 9.26 Å². The van der Waals surface area contributed by atoms with Gasteiger partial charge in [-0.25, -0.2) is 0 Å². The van der Waals surface area contributed by atoms with Crippen molar-refractivity contribution in [3.8, 4) is 5.75 Å². The van der Waals surface area contributed by atoms with E-state index in [9.17, 15) is 0 Å². The highest BCUT2D eigenvalue weighted by Crippen LogP contribution is 2.19. The molecule has 102 valence electrons. The summed E-state index contributed by atoms with van der Waals surface area (Å²) < 4.78 is 10.8. The quantitative estimate of drug-likeness (QED) is 0.750. The fourth-order valence-corrected chi connectivity index (χ4v) is 2.77. The molecule has 0 aliphatic rings. The standard InChI is InChI=1S/C15H19NO2S/c1-11-5-4-6-14(9-11)17-7-8-19-10-15-12(2)16-18-13(15)3/h4-6,9H,7-8,10H2,1-3H3. The van der Waals surface area contributed by atoms with Gasteiger partial charge in [0.25, 0.3) is 0 Å². The van der Waals surface area contributed by atoms with E-state index in [4.69, 9.17) is 9.26 Å². The molecule has 0 unspecified atom stereocenters. The third-order valence-corrected chi connectivity index (χ3v) is 3.86. The Bertz CT molecular complexity index is 517. The van der Waals surface area contributed by atoms with E-state index in [1.165, 1.54) is 11.1 Å². The van der Waals surface area contributed by atoms with E-state index in [2.05, 4.69) is 24.2 Å². The zero-order valence-corrected chi connectivity index (χ0v) is 12.4. The first-order valence-electron chi connectivity index (χ1n) is 6.36. The number of aromatic nitrogens is 1. The molecule has 0 aliphatic heterocycles. The van der Waals surface area contributed by atoms with Gasteiger partial charge in [0.1, 0.15) is 11.5 Å². The van der Waals surface area contributed by atoms with Crippen molar-refractivity contribution in [1.82, 2.24) is 5.16 Å². The first-order valence-corrected chi connectivity index (χ1v) is 7.51. The van der Waals surface area contributed by atoms with Gasteiger partial charge in [0.2, 0.25) is 0 Å². The van der Waals surface area contributed by atoms with Crippen molar-refractivity contribution in [2.75, 3.05) is 12.4 Å². The zero-order chi connectivity index (χ0) is 13.7. The topological polar surface area (TPSA) is 35.3 Å². The minimum atomic E-state index is 0.720. The van der Waals surface area contributed by atoms with Crippen LogP contribution in [0.25, 0.3) is 0 Å². The Morgan fingerprint density at radius 2 is 2.11 bits per heavy atom. The van der Waals surface area contributed by atoms with Crippen LogP contribution in [0.5, 0.6) is 5.75 Å². The van der Waals surface area contributed by atoms with Gasteiger partial charge in [-0.3, -0.25) is 0 Å². The number of hydrogen-bond donors (Lipinski definition) is 0. The molecule has 2 aromatic rings. The van der Waals surface area contributed by atoms with Crippen molar-refractivity contribution in [2.45, 2.75) is 26.5 Å². The molecule has 0 bridgehead atoms. The minimum Gasteiger partial charge on any atom is -0.493 e. The first kappa shape index (κ1) is 14.0. The lowest BCUT2D eigenvalue weighted by molar-refractivity contribution is 0.343. The molecule has 1 aromatic heterocycles. The van der Waals surface area contributed by atoms with Crippen molar-refractivity contribution in [2.24, 2.45) is 0 Å². The maximum Gasteiger partial charge on any atom is 0.137 e. The smallest absolute Gasteiger partial charge is 0.137 e. The van der Waals surface area contributed by atoms with Gasteiger partial charge in [-0.2, -0.15) is 11.8 Å². The molecular weight excluding hydrogens is 258 g/mol. The average Bonchev–Trinajstić information content (AvgIpc) is 2.70. The highest BCUT2D eigenvalue weighted by atomic mass is 32.2. The van der Waals surface area contributed by atoms with E-state index in [1.807, 2.05) is 37.7 Å². The Kier molecular flexibility index (Phi) is 4.91. The van der Waals surface area contributed by atoms with Gasteiger partial charge in [-0.1, -0.05) is 17.3 Å². The van der Waals surface area contributed by atoms with Crippen LogP contribution in [0, 0.1) is 20.8 Å². The molecule has 1 heterocycles. The third-order valence-electron chi connectivity index (χ3n) is 2.91. The van der Waals surface area contributed by atoms with Crippen molar-refractivity contribution >= 4 is 11.8 Å². The summed E-state index contributed by atoms with van der Waals surface area (Å²) >= 11 is 1.84. The molecule has 0 radical (unpaired) electrons. The summed E-state index contributed by atoms with van der Waals surface area (Å²) in [5, 5.41) is 3.95. The summed E-state index contributed by atoms with van der Waals surface area (Å²) in [7, 11) is 0. The summed E-state index contributed by atoms with van der Waals surface area (Å²) in [6, 6.07) is 8.13. The predicted octanol–water partition coefficient (Wildman–Crippen LogP) is 3.91. The van der Waals surface area contributed by atoms with Crippen LogP contribution >= 0.6 is 11.8 Å². The Morgan fingerprint density at radius 1 is 1.26 bits per heavy atom. The predicted molar refractivity (Wildman–Crippen MR) is 78.8 cm³/mol. The Balaban J connectivity index is 1.70. The molecule has 0 amide bonds. The Hall–Kier alpha value is -1.42. The third kappa shape index (κ3) is 4.03. The summed E-state index contributed by atoms with van der Waals surface area (Å²) in [5.41, 5.74) is 3.42. The summed E-state index contributed by atoms with van der Waals surface area (Å²) in [5.74, 6) is 3.75. The molecule has 4 heteroatoms. The second kappa shape index (κ2) is 6.66. The highest BCUT2D eigenvalue weighted by Gasteiger charge is 2.08. The number of nitrogens with zero attached hydrogens (tertiary/aromatic N) is 1. The van der Waals surface area contributed by atoms with Crippen LogP contribution in [0.3, 0.4) is 0 Å². The maximum atomic E-state index is 5.71. The van der Waals surface area contributed by atoms with Gasteiger partial charge in [0.15, 0.2) is 0 Å². The molecule has 3 nitrogen and oxygen atoms in total. The van der Waals surface area contributed by atoms with Crippen molar-refractivity contribution in [3.63, 3.8) is 0 Å². The van der Waals surface area contributed by atoms with Crippen molar-refractivity contribution < 1.29 is 9.26 Å². The summed E-state index contributed by atoms with van der Waals surface area (Å²) in [6.07, 6.45) is 0. The second-order valence-electron chi connectivity index (χ2n) is 4.52. The SMILES string of the molecule is Cc1cccc(OCCSCc2c(C)noc2C)c1. The maximum absolute atomic E-state index is 5.71. The Labute approximate surface area is 118 Å². The van der Waals surface area contributed by atoms with E-state index >= 15 is 0 Å². The van der Waals surface area contributed by atoms with E-state index in [1.54, 1.807) is 0 Å². The molecule has 0 saturated carbocycles. The number of hydrogen-bond acceptors (Lipinski definition) is 4. The molecule has 0 atom stereocenters. The molecule has 19 heavy (non-hydrogen) atoms. The molecule has 0 fully saturated rings. The molecule has 2 rings (SSSR count). The van der Waals surface area contributed by atoms with Crippen LogP contribution in [0.2, 0.25) is 0 Å². The van der Waals surface area contributed by atoms with Crippen molar-refractivity contribution in [3.05, 3.63) is 46.8 Å². The molecule has 0 aliphatic carbocycles. The molecular formula is C15H19NO2S. The number of aryl methyl sites for hydroxylation is 3. The normalized spacial score (nSPS) is 10.7. The van der Waals surface area contributed by atoms with E-state index in [0.29, 0.717) is 0 Å². The van der Waals surface area contributed by atoms with Crippen LogP contribution in [0.4, 0.5) is 0 Å². The van der Waals surface area contributed by atoms with Crippen LogP contribution < -0.4 is 4.74 Å². The minimum absolute atomic E-state index is 0.720. The monoisotopic (exact) mass is 277 g/mol. The van der Waals surface area contributed by atoms with Crippen LogP contribution in [0.15, 0.2) is 28.8 Å². The van der Waals surface area contributed by atoms with E-state index < -0.39 is 0 Å². The van der Waals surface area contributed by atoms with Crippen LogP contribution in [-0.4, -0.2) is 17.5 Å². The van der Waals surface area contributed by atoms with E-state index in [-0.39, 0.29) is 0 Å². The highest BCUT2D eigenvalue weighted by molar-refractivity contribution is 7.98. The van der Waals surface area contributed by atoms with Crippen LogP contribution in [-0.2, 0) is 5.75 Å². The molecule has 0 saturated heterocycles.